The monoisotopic (exact) mass is 263 g/mol. The first-order valence-electron chi connectivity index (χ1n) is 7.56. The molecule has 2 aliphatic rings. The minimum Gasteiger partial charge on any atom is -0.466 e. The molecule has 2 heterocycles. The summed E-state index contributed by atoms with van der Waals surface area (Å²) in [5.74, 6) is 2.48. The maximum Gasteiger partial charge on any atom is 0.105 e. The van der Waals surface area contributed by atoms with Crippen molar-refractivity contribution in [1.82, 2.24) is 0 Å². The Kier molecular flexibility index (Phi) is 3.44. The third-order valence-corrected chi connectivity index (χ3v) is 4.99. The van der Waals surface area contributed by atoms with E-state index in [0.717, 1.165) is 31.0 Å². The molecule has 0 aromatic carbocycles. The van der Waals surface area contributed by atoms with E-state index >= 15 is 0 Å². The highest BCUT2D eigenvalue weighted by atomic mass is 16.5. The Morgan fingerprint density at radius 3 is 2.68 bits per heavy atom. The molecule has 1 spiro atoms. The summed E-state index contributed by atoms with van der Waals surface area (Å²) in [4.78, 5) is 0. The molecule has 0 radical (unpaired) electrons. The van der Waals surface area contributed by atoms with Gasteiger partial charge in [0.25, 0.3) is 0 Å². The maximum absolute atomic E-state index is 6.52. The number of rotatable bonds is 2. The van der Waals surface area contributed by atoms with E-state index in [4.69, 9.17) is 14.9 Å². The van der Waals surface area contributed by atoms with Gasteiger partial charge in [-0.25, -0.2) is 0 Å². The van der Waals surface area contributed by atoms with Crippen LogP contribution in [0.25, 0.3) is 0 Å². The zero-order chi connectivity index (χ0) is 13.5. The molecule has 1 aromatic heterocycles. The Labute approximate surface area is 115 Å². The highest BCUT2D eigenvalue weighted by Crippen LogP contribution is 2.45. The van der Waals surface area contributed by atoms with Gasteiger partial charge in [0.2, 0.25) is 0 Å². The van der Waals surface area contributed by atoms with Gasteiger partial charge in [-0.15, -0.1) is 0 Å². The van der Waals surface area contributed by atoms with Gasteiger partial charge in [0.05, 0.1) is 5.60 Å². The van der Waals surface area contributed by atoms with Crippen molar-refractivity contribution in [2.45, 2.75) is 64.0 Å². The predicted molar refractivity (Wildman–Crippen MR) is 75.0 cm³/mol. The number of nitrogens with two attached hydrogens (primary N) is 1. The Balaban J connectivity index is 1.76. The first kappa shape index (κ1) is 13.2. The highest BCUT2D eigenvalue weighted by Gasteiger charge is 2.41. The molecule has 106 valence electrons. The summed E-state index contributed by atoms with van der Waals surface area (Å²) in [6.45, 7) is 4.88. The van der Waals surface area contributed by atoms with Gasteiger partial charge in [0.15, 0.2) is 0 Å². The summed E-state index contributed by atoms with van der Waals surface area (Å²) in [5, 5.41) is 0. The summed E-state index contributed by atoms with van der Waals surface area (Å²) in [6, 6.07) is 2.20. The Morgan fingerprint density at radius 1 is 1.32 bits per heavy atom. The average molecular weight is 263 g/mol. The molecule has 1 saturated carbocycles. The van der Waals surface area contributed by atoms with E-state index in [2.05, 4.69) is 6.07 Å². The number of aryl methyl sites for hydroxylation is 2. The van der Waals surface area contributed by atoms with Gasteiger partial charge < -0.3 is 14.9 Å². The quantitative estimate of drug-likeness (QED) is 0.886. The summed E-state index contributed by atoms with van der Waals surface area (Å²) in [6.07, 6.45) is 7.27. The van der Waals surface area contributed by atoms with E-state index in [1.807, 2.05) is 13.8 Å². The lowest BCUT2D eigenvalue weighted by Gasteiger charge is -2.40. The smallest absolute Gasteiger partial charge is 0.105 e. The van der Waals surface area contributed by atoms with Crippen molar-refractivity contribution in [2.75, 3.05) is 6.61 Å². The van der Waals surface area contributed by atoms with Crippen LogP contribution in [0, 0.1) is 19.8 Å². The molecule has 3 nitrogen and oxygen atoms in total. The molecule has 2 fully saturated rings. The lowest BCUT2D eigenvalue weighted by atomic mass is 9.79. The van der Waals surface area contributed by atoms with Gasteiger partial charge in [-0.2, -0.15) is 0 Å². The van der Waals surface area contributed by atoms with Crippen LogP contribution in [0.2, 0.25) is 0 Å². The first-order valence-corrected chi connectivity index (χ1v) is 7.56. The average Bonchev–Trinajstić information content (AvgIpc) is 2.96. The number of furan rings is 1. The molecule has 1 saturated heterocycles. The molecule has 3 heteroatoms. The molecule has 1 aromatic rings. The standard InChI is InChI=1S/C16H25NO2/c1-11-9-14(12(2)19-11)15(17)13-5-8-18-16(10-13)6-3-4-7-16/h9,13,15H,3-8,10,17H2,1-2H3. The van der Waals surface area contributed by atoms with Crippen molar-refractivity contribution in [3.8, 4) is 0 Å². The van der Waals surface area contributed by atoms with Crippen LogP contribution in [0.1, 0.15) is 61.7 Å². The van der Waals surface area contributed by atoms with E-state index < -0.39 is 0 Å². The van der Waals surface area contributed by atoms with Crippen LogP contribution in [-0.2, 0) is 4.74 Å². The molecular formula is C16H25NO2. The van der Waals surface area contributed by atoms with Crippen LogP contribution in [0.15, 0.2) is 10.5 Å². The molecule has 2 unspecified atom stereocenters. The molecule has 1 aliphatic carbocycles. The fourth-order valence-corrected chi connectivity index (χ4v) is 3.98. The lowest BCUT2D eigenvalue weighted by Crippen LogP contribution is -2.40. The lowest BCUT2D eigenvalue weighted by molar-refractivity contribution is -0.0964. The molecule has 1 aliphatic heterocycles. The number of hydrogen-bond donors (Lipinski definition) is 1. The molecule has 3 rings (SSSR count). The van der Waals surface area contributed by atoms with Gasteiger partial charge in [-0.05, 0) is 51.5 Å². The van der Waals surface area contributed by atoms with Crippen LogP contribution < -0.4 is 5.73 Å². The molecule has 19 heavy (non-hydrogen) atoms. The summed E-state index contributed by atoms with van der Waals surface area (Å²) in [5.41, 5.74) is 7.86. The van der Waals surface area contributed by atoms with Crippen LogP contribution in [0.5, 0.6) is 0 Å². The topological polar surface area (TPSA) is 48.4 Å². The first-order chi connectivity index (χ1) is 9.10. The SMILES string of the molecule is Cc1cc(C(N)C2CCOC3(CCCC3)C2)c(C)o1. The molecule has 0 bridgehead atoms. The second-order valence-electron chi connectivity index (χ2n) is 6.39. The van der Waals surface area contributed by atoms with Crippen molar-refractivity contribution in [3.05, 3.63) is 23.2 Å². The fraction of sp³-hybridized carbons (Fsp3) is 0.750. The van der Waals surface area contributed by atoms with Crippen LogP contribution >= 0.6 is 0 Å². The number of ether oxygens (including phenoxy) is 1. The third kappa shape index (κ3) is 2.46. The van der Waals surface area contributed by atoms with Crippen LogP contribution in [0.4, 0.5) is 0 Å². The molecular weight excluding hydrogens is 238 g/mol. The van der Waals surface area contributed by atoms with E-state index in [0.29, 0.717) is 5.92 Å². The van der Waals surface area contributed by atoms with Gasteiger partial charge >= 0.3 is 0 Å². The molecule has 2 atom stereocenters. The van der Waals surface area contributed by atoms with E-state index in [1.54, 1.807) is 0 Å². The molecule has 2 N–H and O–H groups in total. The van der Waals surface area contributed by atoms with E-state index in [9.17, 15) is 0 Å². The fourth-order valence-electron chi connectivity index (χ4n) is 3.98. The zero-order valence-corrected chi connectivity index (χ0v) is 12.1. The van der Waals surface area contributed by atoms with Gasteiger partial charge in [-0.1, -0.05) is 12.8 Å². The second-order valence-corrected chi connectivity index (χ2v) is 6.39. The van der Waals surface area contributed by atoms with E-state index in [-0.39, 0.29) is 11.6 Å². The van der Waals surface area contributed by atoms with Crippen molar-refractivity contribution >= 4 is 0 Å². The van der Waals surface area contributed by atoms with Crippen LogP contribution in [-0.4, -0.2) is 12.2 Å². The van der Waals surface area contributed by atoms with Gasteiger partial charge in [0.1, 0.15) is 11.5 Å². The largest absolute Gasteiger partial charge is 0.466 e. The second kappa shape index (κ2) is 4.95. The van der Waals surface area contributed by atoms with Crippen LogP contribution in [0.3, 0.4) is 0 Å². The van der Waals surface area contributed by atoms with Crippen molar-refractivity contribution in [1.29, 1.82) is 0 Å². The zero-order valence-electron chi connectivity index (χ0n) is 12.1. The Morgan fingerprint density at radius 2 is 2.05 bits per heavy atom. The maximum atomic E-state index is 6.52. The van der Waals surface area contributed by atoms with Crippen molar-refractivity contribution in [3.63, 3.8) is 0 Å². The summed E-state index contributed by atoms with van der Waals surface area (Å²) >= 11 is 0. The van der Waals surface area contributed by atoms with Crippen molar-refractivity contribution < 1.29 is 9.15 Å². The van der Waals surface area contributed by atoms with Gasteiger partial charge in [-0.3, -0.25) is 0 Å². The highest BCUT2D eigenvalue weighted by molar-refractivity contribution is 5.24. The minimum absolute atomic E-state index is 0.0961. The summed E-state index contributed by atoms with van der Waals surface area (Å²) < 4.78 is 11.7. The third-order valence-electron chi connectivity index (χ3n) is 4.99. The molecule has 0 amide bonds. The normalized spacial score (nSPS) is 27.8. The summed E-state index contributed by atoms with van der Waals surface area (Å²) in [7, 11) is 0. The number of hydrogen-bond acceptors (Lipinski definition) is 3. The van der Waals surface area contributed by atoms with Gasteiger partial charge in [0, 0.05) is 18.2 Å². The predicted octanol–water partition coefficient (Wildman–Crippen LogP) is 3.64. The van der Waals surface area contributed by atoms with Crippen molar-refractivity contribution in [2.24, 2.45) is 11.7 Å². The Hall–Kier alpha value is -0.800. The Bertz CT molecular complexity index is 446. The van der Waals surface area contributed by atoms with E-state index in [1.165, 1.54) is 31.2 Å². The minimum atomic E-state index is 0.0961.